The summed E-state index contributed by atoms with van der Waals surface area (Å²) in [6, 6.07) is 5.25. The fourth-order valence-corrected chi connectivity index (χ4v) is 3.53. The van der Waals surface area contributed by atoms with E-state index in [1.54, 1.807) is 0 Å². The van der Waals surface area contributed by atoms with E-state index >= 15 is 0 Å². The molecule has 6 nitrogen and oxygen atoms in total. The van der Waals surface area contributed by atoms with E-state index in [-0.39, 0.29) is 16.6 Å². The molecule has 1 atom stereocenters. The van der Waals surface area contributed by atoms with E-state index in [0.717, 1.165) is 6.42 Å². The number of hydrogen-bond acceptors (Lipinski definition) is 4. The Labute approximate surface area is 118 Å². The van der Waals surface area contributed by atoms with Gasteiger partial charge in [0.05, 0.1) is 23.2 Å². The van der Waals surface area contributed by atoms with E-state index in [4.69, 9.17) is 9.84 Å². The Kier molecular flexibility index (Phi) is 4.42. The molecule has 0 spiro atoms. The van der Waals surface area contributed by atoms with Crippen LogP contribution in [0.1, 0.15) is 23.7 Å². The summed E-state index contributed by atoms with van der Waals surface area (Å²) in [5.41, 5.74) is 0.0670. The molecule has 0 aromatic heterocycles. The zero-order chi connectivity index (χ0) is 14.8. The molecule has 1 heterocycles. The van der Waals surface area contributed by atoms with Gasteiger partial charge < -0.3 is 9.84 Å². The predicted octanol–water partition coefficient (Wildman–Crippen LogP) is 1.18. The molecule has 20 heavy (non-hydrogen) atoms. The second-order valence-electron chi connectivity index (χ2n) is 4.59. The van der Waals surface area contributed by atoms with Crippen molar-refractivity contribution in [3.63, 3.8) is 0 Å². The van der Waals surface area contributed by atoms with Crippen LogP contribution in [0.4, 0.5) is 0 Å². The summed E-state index contributed by atoms with van der Waals surface area (Å²) in [5, 5.41) is 8.82. The monoisotopic (exact) mass is 299 g/mol. The summed E-state index contributed by atoms with van der Waals surface area (Å²) < 4.78 is 31.8. The molecule has 0 radical (unpaired) electrons. The lowest BCUT2D eigenvalue weighted by molar-refractivity contribution is -0.00277. The zero-order valence-corrected chi connectivity index (χ0v) is 12.0. The molecule has 1 aromatic rings. The van der Waals surface area contributed by atoms with Gasteiger partial charge in [-0.1, -0.05) is 6.92 Å². The van der Waals surface area contributed by atoms with Crippen molar-refractivity contribution in [2.45, 2.75) is 24.3 Å². The van der Waals surface area contributed by atoms with Crippen LogP contribution in [0, 0.1) is 0 Å². The Morgan fingerprint density at radius 1 is 1.40 bits per heavy atom. The lowest BCUT2D eigenvalue weighted by Gasteiger charge is -2.31. The number of aromatic carboxylic acids is 1. The molecule has 0 aliphatic carbocycles. The topological polar surface area (TPSA) is 83.9 Å². The molecule has 7 heteroatoms. The van der Waals surface area contributed by atoms with E-state index in [2.05, 4.69) is 0 Å². The van der Waals surface area contributed by atoms with Gasteiger partial charge >= 0.3 is 5.97 Å². The van der Waals surface area contributed by atoms with Crippen LogP contribution >= 0.6 is 0 Å². The fourth-order valence-electron chi connectivity index (χ4n) is 2.08. The molecule has 1 aromatic carbocycles. The summed E-state index contributed by atoms with van der Waals surface area (Å²) in [4.78, 5) is 10.9. The minimum absolute atomic E-state index is 0.0670. The van der Waals surface area contributed by atoms with Gasteiger partial charge in [0.15, 0.2) is 0 Å². The molecule has 1 N–H and O–H groups in total. The summed E-state index contributed by atoms with van der Waals surface area (Å²) in [6.07, 6.45) is 0.668. The first-order valence-corrected chi connectivity index (χ1v) is 7.84. The van der Waals surface area contributed by atoms with Gasteiger partial charge in [-0.05, 0) is 30.7 Å². The highest BCUT2D eigenvalue weighted by Crippen LogP contribution is 2.20. The van der Waals surface area contributed by atoms with Crippen molar-refractivity contribution in [3.8, 4) is 0 Å². The molecule has 1 aliphatic rings. The van der Waals surface area contributed by atoms with Crippen LogP contribution in [-0.4, -0.2) is 49.6 Å². The predicted molar refractivity (Wildman–Crippen MR) is 72.2 cm³/mol. The second kappa shape index (κ2) is 5.90. The third-order valence-electron chi connectivity index (χ3n) is 3.30. The van der Waals surface area contributed by atoms with Crippen LogP contribution in [0.3, 0.4) is 0 Å². The van der Waals surface area contributed by atoms with Crippen molar-refractivity contribution >= 4 is 16.0 Å². The maximum Gasteiger partial charge on any atom is 0.335 e. The smallest absolute Gasteiger partial charge is 0.335 e. The van der Waals surface area contributed by atoms with E-state index in [1.165, 1.54) is 28.6 Å². The van der Waals surface area contributed by atoms with E-state index in [0.29, 0.717) is 19.7 Å². The number of sulfonamides is 1. The maximum absolute atomic E-state index is 12.5. The number of benzene rings is 1. The molecule has 0 amide bonds. The van der Waals surface area contributed by atoms with Crippen molar-refractivity contribution in [2.75, 3.05) is 19.7 Å². The third kappa shape index (κ3) is 3.00. The van der Waals surface area contributed by atoms with Gasteiger partial charge in [0.1, 0.15) is 0 Å². The van der Waals surface area contributed by atoms with E-state index in [1.807, 2.05) is 6.92 Å². The summed E-state index contributed by atoms with van der Waals surface area (Å²) in [5.74, 6) is -1.08. The third-order valence-corrected chi connectivity index (χ3v) is 5.18. The highest BCUT2D eigenvalue weighted by Gasteiger charge is 2.30. The van der Waals surface area contributed by atoms with Gasteiger partial charge in [0, 0.05) is 13.1 Å². The van der Waals surface area contributed by atoms with Gasteiger partial charge in [-0.15, -0.1) is 0 Å². The van der Waals surface area contributed by atoms with Crippen molar-refractivity contribution in [1.29, 1.82) is 0 Å². The van der Waals surface area contributed by atoms with E-state index < -0.39 is 16.0 Å². The number of carboxylic acids is 1. The highest BCUT2D eigenvalue weighted by atomic mass is 32.2. The lowest BCUT2D eigenvalue weighted by atomic mass is 10.2. The van der Waals surface area contributed by atoms with Crippen LogP contribution in [0.15, 0.2) is 29.2 Å². The largest absolute Gasteiger partial charge is 0.478 e. The molecule has 0 unspecified atom stereocenters. The van der Waals surface area contributed by atoms with Crippen LogP contribution in [0.2, 0.25) is 0 Å². The average Bonchev–Trinajstić information content (AvgIpc) is 2.47. The first kappa shape index (κ1) is 15.0. The molecule has 1 fully saturated rings. The standard InChI is InChI=1S/C13H17NO5S/c1-2-11-9-14(7-8-19-11)20(17,18)12-5-3-10(4-6-12)13(15)16/h3-6,11H,2,7-9H2,1H3,(H,15,16)/t11-/m1/s1. The SMILES string of the molecule is CC[C@@H]1CN(S(=O)(=O)c2ccc(C(=O)O)cc2)CCO1. The number of morpholine rings is 1. The number of rotatable bonds is 4. The van der Waals surface area contributed by atoms with Crippen LogP contribution < -0.4 is 0 Å². The lowest BCUT2D eigenvalue weighted by Crippen LogP contribution is -2.45. The van der Waals surface area contributed by atoms with Crippen LogP contribution in [0.5, 0.6) is 0 Å². The summed E-state index contributed by atoms with van der Waals surface area (Å²) in [7, 11) is -3.59. The zero-order valence-electron chi connectivity index (χ0n) is 11.2. The van der Waals surface area contributed by atoms with Gasteiger partial charge in [0.2, 0.25) is 10.0 Å². The molecule has 110 valence electrons. The quantitative estimate of drug-likeness (QED) is 0.902. The van der Waals surface area contributed by atoms with Crippen molar-refractivity contribution in [2.24, 2.45) is 0 Å². The Morgan fingerprint density at radius 2 is 2.05 bits per heavy atom. The Balaban J connectivity index is 2.23. The minimum atomic E-state index is -3.59. The molecule has 1 aliphatic heterocycles. The number of carbonyl (C=O) groups is 1. The number of hydrogen-bond donors (Lipinski definition) is 1. The first-order chi connectivity index (χ1) is 9.45. The Hall–Kier alpha value is -1.44. The van der Waals surface area contributed by atoms with Crippen molar-refractivity contribution in [3.05, 3.63) is 29.8 Å². The summed E-state index contributed by atoms with van der Waals surface area (Å²) >= 11 is 0. The molecular weight excluding hydrogens is 282 g/mol. The average molecular weight is 299 g/mol. The normalized spacial score (nSPS) is 20.8. The number of carboxylic acid groups (broad SMARTS) is 1. The molecular formula is C13H17NO5S. The molecule has 1 saturated heterocycles. The Bertz CT molecular complexity index is 581. The van der Waals surface area contributed by atoms with Crippen LogP contribution in [0.25, 0.3) is 0 Å². The van der Waals surface area contributed by atoms with Crippen LogP contribution in [-0.2, 0) is 14.8 Å². The summed E-state index contributed by atoms with van der Waals surface area (Å²) in [6.45, 7) is 2.98. The molecule has 2 rings (SSSR count). The van der Waals surface area contributed by atoms with Gasteiger partial charge in [-0.2, -0.15) is 4.31 Å². The minimum Gasteiger partial charge on any atom is -0.478 e. The highest BCUT2D eigenvalue weighted by molar-refractivity contribution is 7.89. The van der Waals surface area contributed by atoms with Gasteiger partial charge in [0.25, 0.3) is 0 Å². The fraction of sp³-hybridized carbons (Fsp3) is 0.462. The van der Waals surface area contributed by atoms with Gasteiger partial charge in [-0.3, -0.25) is 0 Å². The number of ether oxygens (including phenoxy) is 1. The molecule has 0 bridgehead atoms. The van der Waals surface area contributed by atoms with Gasteiger partial charge in [-0.25, -0.2) is 13.2 Å². The van der Waals surface area contributed by atoms with Crippen molar-refractivity contribution < 1.29 is 23.1 Å². The second-order valence-corrected chi connectivity index (χ2v) is 6.53. The maximum atomic E-state index is 12.5. The molecule has 0 saturated carbocycles. The van der Waals surface area contributed by atoms with E-state index in [9.17, 15) is 13.2 Å². The first-order valence-electron chi connectivity index (χ1n) is 6.40. The number of nitrogens with zero attached hydrogens (tertiary/aromatic N) is 1. The Morgan fingerprint density at radius 3 is 2.60 bits per heavy atom. The van der Waals surface area contributed by atoms with Crippen molar-refractivity contribution in [1.82, 2.24) is 4.31 Å².